The maximum Gasteiger partial charge on any atom is 0.243 e. The van der Waals surface area contributed by atoms with Crippen LogP contribution in [-0.2, 0) is 26.3 Å². The molecular weight excluding hydrogens is 326 g/mol. The van der Waals surface area contributed by atoms with E-state index in [0.717, 1.165) is 30.4 Å². The lowest BCUT2D eigenvalue weighted by atomic mass is 10.1. The molecule has 2 aliphatic rings. The number of rotatable bonds is 3. The first-order valence-corrected chi connectivity index (χ1v) is 10.6. The van der Waals surface area contributed by atoms with E-state index >= 15 is 0 Å². The van der Waals surface area contributed by atoms with Crippen molar-refractivity contribution >= 4 is 19.9 Å². The Labute approximate surface area is 131 Å². The van der Waals surface area contributed by atoms with Crippen molar-refractivity contribution < 1.29 is 21.6 Å². The summed E-state index contributed by atoms with van der Waals surface area (Å²) in [6.45, 7) is 0.934. The Morgan fingerprint density at radius 1 is 1.23 bits per heavy atom. The zero-order valence-electron chi connectivity index (χ0n) is 12.4. The molecule has 1 aromatic rings. The van der Waals surface area contributed by atoms with Gasteiger partial charge in [0.15, 0.2) is 9.84 Å². The average Bonchev–Trinajstić information content (AvgIpc) is 2.97. The zero-order valence-corrected chi connectivity index (χ0v) is 14.0. The zero-order chi connectivity index (χ0) is 16.0. The minimum Gasteiger partial charge on any atom is -0.493 e. The van der Waals surface area contributed by atoms with Gasteiger partial charge in [-0.05, 0) is 43.0 Å². The first-order chi connectivity index (χ1) is 10.3. The first-order valence-electron chi connectivity index (χ1n) is 7.23. The predicted octanol–water partition coefficient (Wildman–Crippen LogP) is 0.819. The standard InChI is InChI=1S/C14H19NO5S2/c1-21(16,17)13-6-7-15(10-13)22(18,19)12-4-5-14-11(9-12)3-2-8-20-14/h4-5,9,13H,2-3,6-8,10H2,1H3. The molecule has 122 valence electrons. The Kier molecular flexibility index (Phi) is 3.94. The second kappa shape index (κ2) is 5.50. The number of hydrogen-bond acceptors (Lipinski definition) is 5. The molecule has 3 rings (SSSR count). The molecule has 1 fully saturated rings. The van der Waals surface area contributed by atoms with Crippen LogP contribution >= 0.6 is 0 Å². The summed E-state index contributed by atoms with van der Waals surface area (Å²) < 4.78 is 55.3. The highest BCUT2D eigenvalue weighted by Gasteiger charge is 2.37. The minimum absolute atomic E-state index is 0.0365. The SMILES string of the molecule is CS(=O)(=O)C1CCN(S(=O)(=O)c2ccc3c(c2)CCCO3)C1. The van der Waals surface area contributed by atoms with Crippen LogP contribution in [0.4, 0.5) is 0 Å². The van der Waals surface area contributed by atoms with Gasteiger partial charge in [-0.2, -0.15) is 4.31 Å². The normalized spacial score (nSPS) is 23.0. The second-order valence-corrected chi connectivity index (χ2v) is 10.1. The Morgan fingerprint density at radius 2 is 2.00 bits per heavy atom. The van der Waals surface area contributed by atoms with Crippen molar-refractivity contribution in [3.05, 3.63) is 23.8 Å². The van der Waals surface area contributed by atoms with E-state index in [4.69, 9.17) is 4.74 Å². The first kappa shape index (κ1) is 15.8. The van der Waals surface area contributed by atoms with Gasteiger partial charge in [0.1, 0.15) is 5.75 Å². The smallest absolute Gasteiger partial charge is 0.243 e. The van der Waals surface area contributed by atoms with Crippen LogP contribution < -0.4 is 4.74 Å². The largest absolute Gasteiger partial charge is 0.493 e. The summed E-state index contributed by atoms with van der Waals surface area (Å²) in [4.78, 5) is 0.214. The van der Waals surface area contributed by atoms with Crippen LogP contribution in [-0.4, -0.2) is 52.3 Å². The molecular formula is C14H19NO5S2. The summed E-state index contributed by atoms with van der Waals surface area (Å²) in [6, 6.07) is 4.87. The summed E-state index contributed by atoms with van der Waals surface area (Å²) >= 11 is 0. The Balaban J connectivity index is 1.88. The third-order valence-electron chi connectivity index (χ3n) is 4.23. The molecule has 6 nitrogen and oxygen atoms in total. The molecule has 0 radical (unpaired) electrons. The lowest BCUT2D eigenvalue weighted by molar-refractivity contribution is 0.288. The quantitative estimate of drug-likeness (QED) is 0.810. The molecule has 2 aliphatic heterocycles. The number of benzene rings is 1. The molecule has 1 atom stereocenters. The lowest BCUT2D eigenvalue weighted by Gasteiger charge is -2.20. The molecule has 2 heterocycles. The fraction of sp³-hybridized carbons (Fsp3) is 0.571. The van der Waals surface area contributed by atoms with Crippen LogP contribution in [0.5, 0.6) is 5.75 Å². The van der Waals surface area contributed by atoms with Crippen molar-refractivity contribution in [1.82, 2.24) is 4.31 Å². The molecule has 1 aromatic carbocycles. The maximum atomic E-state index is 12.7. The fourth-order valence-electron chi connectivity index (χ4n) is 2.91. The Morgan fingerprint density at radius 3 is 2.68 bits per heavy atom. The van der Waals surface area contributed by atoms with Crippen LogP contribution in [0.3, 0.4) is 0 Å². The highest BCUT2D eigenvalue weighted by molar-refractivity contribution is 7.91. The molecule has 0 N–H and O–H groups in total. The van der Waals surface area contributed by atoms with E-state index < -0.39 is 25.1 Å². The van der Waals surface area contributed by atoms with E-state index in [1.165, 1.54) is 10.4 Å². The summed E-state index contributed by atoms with van der Waals surface area (Å²) in [7, 11) is -6.87. The van der Waals surface area contributed by atoms with Crippen LogP contribution in [0, 0.1) is 0 Å². The van der Waals surface area contributed by atoms with Gasteiger partial charge in [0, 0.05) is 19.3 Å². The van der Waals surface area contributed by atoms with E-state index in [9.17, 15) is 16.8 Å². The van der Waals surface area contributed by atoms with Gasteiger partial charge in [-0.15, -0.1) is 0 Å². The number of sulfonamides is 1. The van der Waals surface area contributed by atoms with Crippen molar-refractivity contribution in [2.75, 3.05) is 26.0 Å². The van der Waals surface area contributed by atoms with Gasteiger partial charge in [-0.3, -0.25) is 0 Å². The van der Waals surface area contributed by atoms with Gasteiger partial charge in [-0.25, -0.2) is 16.8 Å². The molecule has 0 aliphatic carbocycles. The lowest BCUT2D eigenvalue weighted by Crippen LogP contribution is -2.31. The highest BCUT2D eigenvalue weighted by Crippen LogP contribution is 2.30. The van der Waals surface area contributed by atoms with E-state index in [1.807, 2.05) is 0 Å². The van der Waals surface area contributed by atoms with E-state index in [2.05, 4.69) is 0 Å². The van der Waals surface area contributed by atoms with Crippen LogP contribution in [0.1, 0.15) is 18.4 Å². The summed E-state index contributed by atoms with van der Waals surface area (Å²) in [5.74, 6) is 0.737. The molecule has 0 amide bonds. The Bertz CT molecular complexity index is 785. The molecule has 0 aromatic heterocycles. The molecule has 0 bridgehead atoms. The number of hydrogen-bond donors (Lipinski definition) is 0. The third-order valence-corrected chi connectivity index (χ3v) is 7.69. The number of nitrogens with zero attached hydrogens (tertiary/aromatic N) is 1. The third kappa shape index (κ3) is 2.87. The summed E-state index contributed by atoms with van der Waals surface area (Å²) in [5.41, 5.74) is 0.895. The molecule has 0 saturated carbocycles. The van der Waals surface area contributed by atoms with Crippen molar-refractivity contribution in [3.63, 3.8) is 0 Å². The second-order valence-electron chi connectivity index (χ2n) is 5.82. The topological polar surface area (TPSA) is 80.8 Å². The summed E-state index contributed by atoms with van der Waals surface area (Å²) in [6.07, 6.45) is 3.18. The summed E-state index contributed by atoms with van der Waals surface area (Å²) in [5, 5.41) is -0.608. The maximum absolute atomic E-state index is 12.7. The Hall–Kier alpha value is -1.12. The van der Waals surface area contributed by atoms with Gasteiger partial charge in [0.25, 0.3) is 0 Å². The van der Waals surface area contributed by atoms with E-state index in [-0.39, 0.29) is 18.0 Å². The minimum atomic E-state index is -3.65. The van der Waals surface area contributed by atoms with E-state index in [1.54, 1.807) is 12.1 Å². The average molecular weight is 345 g/mol. The number of sulfone groups is 1. The van der Waals surface area contributed by atoms with Crippen molar-refractivity contribution in [2.24, 2.45) is 0 Å². The molecule has 1 saturated heterocycles. The predicted molar refractivity (Wildman–Crippen MR) is 82.3 cm³/mol. The van der Waals surface area contributed by atoms with Crippen LogP contribution in [0.15, 0.2) is 23.1 Å². The fourth-order valence-corrected chi connectivity index (χ4v) is 5.54. The highest BCUT2D eigenvalue weighted by atomic mass is 32.2. The molecule has 1 unspecified atom stereocenters. The monoisotopic (exact) mass is 345 g/mol. The van der Waals surface area contributed by atoms with Crippen molar-refractivity contribution in [3.8, 4) is 5.75 Å². The molecule has 22 heavy (non-hydrogen) atoms. The molecule has 8 heteroatoms. The van der Waals surface area contributed by atoms with Gasteiger partial charge in [0.2, 0.25) is 10.0 Å². The van der Waals surface area contributed by atoms with E-state index in [0.29, 0.717) is 13.0 Å². The number of aryl methyl sites for hydroxylation is 1. The number of fused-ring (bicyclic) bond motifs is 1. The van der Waals surface area contributed by atoms with Gasteiger partial charge in [0.05, 0.1) is 16.8 Å². The van der Waals surface area contributed by atoms with Crippen LogP contribution in [0.2, 0.25) is 0 Å². The van der Waals surface area contributed by atoms with Gasteiger partial charge < -0.3 is 4.74 Å². The molecule has 0 spiro atoms. The number of ether oxygens (including phenoxy) is 1. The van der Waals surface area contributed by atoms with Crippen molar-refractivity contribution in [2.45, 2.75) is 29.4 Å². The van der Waals surface area contributed by atoms with Gasteiger partial charge >= 0.3 is 0 Å². The van der Waals surface area contributed by atoms with Crippen LogP contribution in [0.25, 0.3) is 0 Å². The van der Waals surface area contributed by atoms with Gasteiger partial charge in [-0.1, -0.05) is 0 Å². The van der Waals surface area contributed by atoms with Crippen molar-refractivity contribution in [1.29, 1.82) is 0 Å².